The van der Waals surface area contributed by atoms with Crippen LogP contribution in [-0.2, 0) is 9.53 Å². The summed E-state index contributed by atoms with van der Waals surface area (Å²) in [4.78, 5) is 17.0. The molecule has 0 spiro atoms. The van der Waals surface area contributed by atoms with Crippen molar-refractivity contribution in [2.45, 2.75) is 52.7 Å². The van der Waals surface area contributed by atoms with E-state index in [4.69, 9.17) is 16.3 Å². The number of hydrogen-bond donors (Lipinski definition) is 1. The van der Waals surface area contributed by atoms with E-state index >= 15 is 0 Å². The number of carboxylic acids is 1. The number of aryl methyl sites for hydroxylation is 1. The number of carboxylic acid groups (broad SMARTS) is 1. The standard InChI is InChI=1S/C26H25ClF3NO4/c1-14-20(16-6-10-18(27)11-7-16)21(23(24(32)33)35-25(3,4)5)15(2)31-22(14)17-8-12-19(13-9-17)34-26(28,29)30/h6-13,23H,1-5H3,(H,32,33)/t23-/m0/s1. The fraction of sp³-hybridized carbons (Fsp3) is 0.308. The van der Waals surface area contributed by atoms with Crippen molar-refractivity contribution in [1.82, 2.24) is 4.98 Å². The number of benzene rings is 2. The minimum atomic E-state index is -4.80. The summed E-state index contributed by atoms with van der Waals surface area (Å²) in [5.41, 5.74) is 3.05. The Balaban J connectivity index is 2.24. The molecule has 0 aliphatic carbocycles. The monoisotopic (exact) mass is 507 g/mol. The molecular weight excluding hydrogens is 483 g/mol. The normalized spacial score (nSPS) is 12.9. The van der Waals surface area contributed by atoms with Crippen molar-refractivity contribution in [3.63, 3.8) is 0 Å². The van der Waals surface area contributed by atoms with Gasteiger partial charge in [0.1, 0.15) is 5.75 Å². The van der Waals surface area contributed by atoms with Gasteiger partial charge < -0.3 is 14.6 Å². The third-order valence-electron chi connectivity index (χ3n) is 5.12. The number of aliphatic carboxylic acids is 1. The first-order valence-corrected chi connectivity index (χ1v) is 11.1. The molecule has 1 atom stereocenters. The van der Waals surface area contributed by atoms with Gasteiger partial charge >= 0.3 is 12.3 Å². The minimum absolute atomic E-state index is 0.352. The molecule has 0 saturated carbocycles. The molecule has 0 aliphatic rings. The van der Waals surface area contributed by atoms with Crippen LogP contribution in [0.15, 0.2) is 48.5 Å². The zero-order chi connectivity index (χ0) is 26.1. The molecule has 1 N–H and O–H groups in total. The first kappa shape index (κ1) is 26.5. The summed E-state index contributed by atoms with van der Waals surface area (Å²) in [5.74, 6) is -1.52. The third kappa shape index (κ3) is 6.52. The Morgan fingerprint density at radius 1 is 0.971 bits per heavy atom. The van der Waals surface area contributed by atoms with E-state index in [0.717, 1.165) is 0 Å². The molecule has 0 fully saturated rings. The number of ether oxygens (including phenoxy) is 2. The summed E-state index contributed by atoms with van der Waals surface area (Å²) in [5, 5.41) is 10.6. The molecule has 5 nitrogen and oxygen atoms in total. The number of carbonyl (C=O) groups is 1. The van der Waals surface area contributed by atoms with Crippen LogP contribution in [0.2, 0.25) is 5.02 Å². The molecule has 0 radical (unpaired) electrons. The molecule has 3 aromatic rings. The predicted octanol–water partition coefficient (Wildman–Crippen LogP) is 7.53. The maximum absolute atomic E-state index is 12.5. The van der Waals surface area contributed by atoms with Gasteiger partial charge in [-0.05, 0) is 87.7 Å². The van der Waals surface area contributed by atoms with Crippen LogP contribution >= 0.6 is 11.6 Å². The molecule has 3 rings (SSSR count). The largest absolute Gasteiger partial charge is 0.573 e. The smallest absolute Gasteiger partial charge is 0.479 e. The Morgan fingerprint density at radius 2 is 1.51 bits per heavy atom. The van der Waals surface area contributed by atoms with Crippen LogP contribution in [-0.4, -0.2) is 28.0 Å². The van der Waals surface area contributed by atoms with Crippen molar-refractivity contribution in [2.75, 3.05) is 0 Å². The lowest BCUT2D eigenvalue weighted by Gasteiger charge is -2.29. The van der Waals surface area contributed by atoms with Gasteiger partial charge in [-0.1, -0.05) is 23.7 Å². The first-order valence-electron chi connectivity index (χ1n) is 10.7. The summed E-state index contributed by atoms with van der Waals surface area (Å²) in [6.07, 6.45) is -6.10. The molecule has 0 bridgehead atoms. The molecule has 0 unspecified atom stereocenters. The van der Waals surface area contributed by atoms with Crippen molar-refractivity contribution in [3.05, 3.63) is 70.4 Å². The number of alkyl halides is 3. The highest BCUT2D eigenvalue weighted by atomic mass is 35.5. The van der Waals surface area contributed by atoms with Crippen LogP contribution in [0.3, 0.4) is 0 Å². The van der Waals surface area contributed by atoms with Crippen LogP contribution in [0.25, 0.3) is 22.4 Å². The van der Waals surface area contributed by atoms with Crippen LogP contribution in [0.1, 0.15) is 43.7 Å². The average Bonchev–Trinajstić information content (AvgIpc) is 2.73. The molecule has 2 aromatic carbocycles. The Kier molecular flexibility index (Phi) is 7.48. The second-order valence-corrected chi connectivity index (χ2v) is 9.42. The Morgan fingerprint density at radius 3 is 2.00 bits per heavy atom. The lowest BCUT2D eigenvalue weighted by molar-refractivity contribution is -0.274. The molecule has 1 heterocycles. The van der Waals surface area contributed by atoms with Crippen molar-refractivity contribution in [2.24, 2.45) is 0 Å². The Hall–Kier alpha value is -3.10. The zero-order valence-electron chi connectivity index (χ0n) is 19.8. The van der Waals surface area contributed by atoms with Crippen molar-refractivity contribution in [1.29, 1.82) is 0 Å². The second kappa shape index (κ2) is 9.87. The van der Waals surface area contributed by atoms with Gasteiger partial charge in [-0.3, -0.25) is 4.98 Å². The van der Waals surface area contributed by atoms with Gasteiger partial charge in [0.05, 0.1) is 11.3 Å². The van der Waals surface area contributed by atoms with Crippen LogP contribution < -0.4 is 4.74 Å². The van der Waals surface area contributed by atoms with E-state index in [1.54, 1.807) is 58.9 Å². The van der Waals surface area contributed by atoms with Gasteiger partial charge in [-0.15, -0.1) is 13.2 Å². The number of hydrogen-bond acceptors (Lipinski definition) is 4. The van der Waals surface area contributed by atoms with Gasteiger partial charge in [0, 0.05) is 21.8 Å². The van der Waals surface area contributed by atoms with Crippen LogP contribution in [0, 0.1) is 13.8 Å². The van der Waals surface area contributed by atoms with Crippen LogP contribution in [0.5, 0.6) is 5.75 Å². The Labute approximate surface area is 206 Å². The number of halogens is 4. The second-order valence-electron chi connectivity index (χ2n) is 8.99. The average molecular weight is 508 g/mol. The lowest BCUT2D eigenvalue weighted by atomic mass is 9.88. The number of nitrogens with zero attached hydrogens (tertiary/aromatic N) is 1. The maximum Gasteiger partial charge on any atom is 0.573 e. The lowest BCUT2D eigenvalue weighted by Crippen LogP contribution is -2.28. The van der Waals surface area contributed by atoms with E-state index < -0.39 is 24.0 Å². The third-order valence-corrected chi connectivity index (χ3v) is 5.37. The summed E-state index contributed by atoms with van der Waals surface area (Å²) >= 11 is 6.07. The highest BCUT2D eigenvalue weighted by Gasteiger charge is 2.33. The van der Waals surface area contributed by atoms with Crippen molar-refractivity contribution >= 4 is 17.6 Å². The van der Waals surface area contributed by atoms with Gasteiger partial charge in [0.15, 0.2) is 6.10 Å². The molecule has 35 heavy (non-hydrogen) atoms. The summed E-state index contributed by atoms with van der Waals surface area (Å²) in [7, 11) is 0. The summed E-state index contributed by atoms with van der Waals surface area (Å²) < 4.78 is 47.5. The van der Waals surface area contributed by atoms with E-state index in [1.165, 1.54) is 24.3 Å². The molecule has 0 saturated heterocycles. The highest BCUT2D eigenvalue weighted by molar-refractivity contribution is 6.30. The van der Waals surface area contributed by atoms with E-state index in [1.807, 2.05) is 0 Å². The van der Waals surface area contributed by atoms with Gasteiger partial charge in [-0.2, -0.15) is 0 Å². The van der Waals surface area contributed by atoms with Gasteiger partial charge in [0.25, 0.3) is 0 Å². The van der Waals surface area contributed by atoms with E-state index in [-0.39, 0.29) is 5.75 Å². The topological polar surface area (TPSA) is 68.7 Å². The quantitative estimate of drug-likeness (QED) is 0.373. The van der Waals surface area contributed by atoms with E-state index in [9.17, 15) is 23.1 Å². The molecule has 0 amide bonds. The number of pyridine rings is 1. The summed E-state index contributed by atoms with van der Waals surface area (Å²) in [6.45, 7) is 8.75. The fourth-order valence-electron chi connectivity index (χ4n) is 3.80. The maximum atomic E-state index is 12.5. The van der Waals surface area contributed by atoms with Gasteiger partial charge in [0.2, 0.25) is 0 Å². The number of aromatic nitrogens is 1. The van der Waals surface area contributed by atoms with Gasteiger partial charge in [-0.25, -0.2) is 4.79 Å². The van der Waals surface area contributed by atoms with Crippen LogP contribution in [0.4, 0.5) is 13.2 Å². The molecule has 0 aliphatic heterocycles. The number of rotatable bonds is 6. The molecular formula is C26H25ClF3NO4. The SMILES string of the molecule is Cc1nc(-c2ccc(OC(F)(F)F)cc2)c(C)c(-c2ccc(Cl)cc2)c1[C@H](OC(C)(C)C)C(=O)O. The molecule has 9 heteroatoms. The summed E-state index contributed by atoms with van der Waals surface area (Å²) in [6, 6.07) is 12.3. The van der Waals surface area contributed by atoms with Crippen molar-refractivity contribution in [3.8, 4) is 28.1 Å². The molecule has 1 aromatic heterocycles. The fourth-order valence-corrected chi connectivity index (χ4v) is 3.93. The van der Waals surface area contributed by atoms with E-state index in [0.29, 0.717) is 44.2 Å². The zero-order valence-corrected chi connectivity index (χ0v) is 20.6. The van der Waals surface area contributed by atoms with Crippen molar-refractivity contribution < 1.29 is 32.5 Å². The predicted molar refractivity (Wildman–Crippen MR) is 127 cm³/mol. The molecule has 186 valence electrons. The first-order chi connectivity index (χ1) is 16.2. The minimum Gasteiger partial charge on any atom is -0.479 e. The van der Waals surface area contributed by atoms with E-state index in [2.05, 4.69) is 9.72 Å². The highest BCUT2D eigenvalue weighted by Crippen LogP contribution is 2.41. The Bertz CT molecular complexity index is 1220.